The largest absolute Gasteiger partial charge is 0.385 e. The summed E-state index contributed by atoms with van der Waals surface area (Å²) in [5.41, 5.74) is 2.54. The molecule has 1 fully saturated rings. The number of nitrogens with one attached hydrogen (secondary N) is 1. The average molecular weight is 276 g/mol. The molecule has 1 aliphatic heterocycles. The van der Waals surface area contributed by atoms with Crippen LogP contribution in [-0.4, -0.2) is 37.7 Å². The molecule has 0 saturated carbocycles. The van der Waals surface area contributed by atoms with Gasteiger partial charge in [-0.2, -0.15) is 0 Å². The molecule has 1 heterocycles. The SMILES string of the molecule is COCCCNC(=O)N1CCC[C@@H]1c1ccccc1C. The number of methoxy groups -OCH3 is 1. The Morgan fingerprint density at radius 1 is 1.45 bits per heavy atom. The summed E-state index contributed by atoms with van der Waals surface area (Å²) < 4.78 is 4.99. The van der Waals surface area contributed by atoms with Crippen molar-refractivity contribution < 1.29 is 9.53 Å². The second-order valence-electron chi connectivity index (χ2n) is 5.29. The number of carbonyl (C=O) groups is 1. The Morgan fingerprint density at radius 2 is 2.25 bits per heavy atom. The number of likely N-dealkylation sites (tertiary alicyclic amines) is 1. The van der Waals surface area contributed by atoms with E-state index in [0.717, 1.165) is 25.8 Å². The number of carbonyl (C=O) groups excluding carboxylic acids is 1. The summed E-state index contributed by atoms with van der Waals surface area (Å²) in [7, 11) is 1.68. The first-order chi connectivity index (χ1) is 9.74. The van der Waals surface area contributed by atoms with Gasteiger partial charge in [0, 0.05) is 26.8 Å². The molecule has 0 radical (unpaired) electrons. The lowest BCUT2D eigenvalue weighted by Gasteiger charge is -2.26. The second-order valence-corrected chi connectivity index (χ2v) is 5.29. The standard InChI is InChI=1S/C16H24N2O2/c1-13-7-3-4-8-14(13)15-9-5-11-18(15)16(19)17-10-6-12-20-2/h3-4,7-8,15H,5-6,9-12H2,1-2H3,(H,17,19)/t15-/m1/s1. The van der Waals surface area contributed by atoms with Gasteiger partial charge in [0.15, 0.2) is 0 Å². The van der Waals surface area contributed by atoms with Gasteiger partial charge in [-0.05, 0) is 37.3 Å². The second kappa shape index (κ2) is 7.29. The number of aryl methyl sites for hydroxylation is 1. The molecule has 0 aliphatic carbocycles. The smallest absolute Gasteiger partial charge is 0.317 e. The minimum atomic E-state index is 0.0480. The van der Waals surface area contributed by atoms with Gasteiger partial charge in [-0.15, -0.1) is 0 Å². The van der Waals surface area contributed by atoms with Crippen LogP contribution in [0.25, 0.3) is 0 Å². The van der Waals surface area contributed by atoms with Crippen molar-refractivity contribution in [3.05, 3.63) is 35.4 Å². The number of rotatable bonds is 5. The molecule has 0 aromatic heterocycles. The fourth-order valence-corrected chi connectivity index (χ4v) is 2.81. The Labute approximate surface area is 121 Å². The van der Waals surface area contributed by atoms with Crippen molar-refractivity contribution in [3.63, 3.8) is 0 Å². The van der Waals surface area contributed by atoms with E-state index in [1.54, 1.807) is 7.11 Å². The van der Waals surface area contributed by atoms with Gasteiger partial charge in [0.05, 0.1) is 6.04 Å². The van der Waals surface area contributed by atoms with E-state index in [4.69, 9.17) is 4.74 Å². The highest BCUT2D eigenvalue weighted by Gasteiger charge is 2.30. The maximum absolute atomic E-state index is 12.3. The lowest BCUT2D eigenvalue weighted by atomic mass is 9.99. The van der Waals surface area contributed by atoms with Crippen molar-refractivity contribution in [1.29, 1.82) is 0 Å². The maximum atomic E-state index is 12.3. The first-order valence-electron chi connectivity index (χ1n) is 7.33. The van der Waals surface area contributed by atoms with E-state index < -0.39 is 0 Å². The van der Waals surface area contributed by atoms with Gasteiger partial charge in [-0.1, -0.05) is 24.3 Å². The number of amides is 2. The highest BCUT2D eigenvalue weighted by molar-refractivity contribution is 5.75. The Morgan fingerprint density at radius 3 is 3.00 bits per heavy atom. The Bertz CT molecular complexity index is 448. The molecule has 4 nitrogen and oxygen atoms in total. The van der Waals surface area contributed by atoms with Gasteiger partial charge in [-0.25, -0.2) is 4.79 Å². The normalized spacial score (nSPS) is 18.3. The summed E-state index contributed by atoms with van der Waals surface area (Å²) in [5.74, 6) is 0. The van der Waals surface area contributed by atoms with Gasteiger partial charge in [0.1, 0.15) is 0 Å². The predicted octanol–water partition coefficient (Wildman–Crippen LogP) is 2.88. The summed E-state index contributed by atoms with van der Waals surface area (Å²) in [6.45, 7) is 4.31. The van der Waals surface area contributed by atoms with E-state index >= 15 is 0 Å². The molecule has 1 aromatic rings. The van der Waals surface area contributed by atoms with Crippen LogP contribution in [0.2, 0.25) is 0 Å². The van der Waals surface area contributed by atoms with Crippen LogP contribution in [0.15, 0.2) is 24.3 Å². The highest BCUT2D eigenvalue weighted by Crippen LogP contribution is 2.33. The van der Waals surface area contributed by atoms with Crippen molar-refractivity contribution in [2.24, 2.45) is 0 Å². The van der Waals surface area contributed by atoms with Gasteiger partial charge < -0.3 is 15.0 Å². The number of ether oxygens (including phenoxy) is 1. The maximum Gasteiger partial charge on any atom is 0.317 e. The molecule has 0 bridgehead atoms. The van der Waals surface area contributed by atoms with Crippen LogP contribution in [0.5, 0.6) is 0 Å². The third-order valence-electron chi connectivity index (χ3n) is 3.86. The number of nitrogens with zero attached hydrogens (tertiary/aromatic N) is 1. The minimum absolute atomic E-state index is 0.0480. The van der Waals surface area contributed by atoms with Crippen LogP contribution >= 0.6 is 0 Å². The molecule has 1 aromatic carbocycles. The topological polar surface area (TPSA) is 41.6 Å². The summed E-state index contributed by atoms with van der Waals surface area (Å²) in [4.78, 5) is 14.2. The molecule has 1 N–H and O–H groups in total. The molecule has 1 atom stereocenters. The molecule has 0 spiro atoms. The predicted molar refractivity (Wildman–Crippen MR) is 79.8 cm³/mol. The van der Waals surface area contributed by atoms with Gasteiger partial charge in [0.25, 0.3) is 0 Å². The molecule has 2 amide bonds. The van der Waals surface area contributed by atoms with E-state index in [1.165, 1.54) is 11.1 Å². The third-order valence-corrected chi connectivity index (χ3v) is 3.86. The zero-order chi connectivity index (χ0) is 14.4. The first-order valence-corrected chi connectivity index (χ1v) is 7.33. The molecular formula is C16H24N2O2. The lowest BCUT2D eigenvalue weighted by molar-refractivity contribution is 0.182. The fraction of sp³-hybridized carbons (Fsp3) is 0.562. The molecule has 2 rings (SSSR count). The summed E-state index contributed by atoms with van der Waals surface area (Å²) in [6, 6.07) is 8.61. The Balaban J connectivity index is 1.97. The highest BCUT2D eigenvalue weighted by atomic mass is 16.5. The van der Waals surface area contributed by atoms with Crippen LogP contribution in [-0.2, 0) is 4.74 Å². The van der Waals surface area contributed by atoms with Crippen LogP contribution in [0.1, 0.15) is 36.4 Å². The van der Waals surface area contributed by atoms with Crippen molar-refractivity contribution in [2.75, 3.05) is 26.8 Å². The first kappa shape index (κ1) is 14.9. The Kier molecular flexibility index (Phi) is 5.41. The number of hydrogen-bond donors (Lipinski definition) is 1. The van der Waals surface area contributed by atoms with Crippen LogP contribution in [0, 0.1) is 6.92 Å². The minimum Gasteiger partial charge on any atom is -0.385 e. The molecule has 110 valence electrons. The van der Waals surface area contributed by atoms with Crippen molar-refractivity contribution in [1.82, 2.24) is 10.2 Å². The van der Waals surface area contributed by atoms with Gasteiger partial charge in [0.2, 0.25) is 0 Å². The van der Waals surface area contributed by atoms with E-state index in [9.17, 15) is 4.79 Å². The molecule has 20 heavy (non-hydrogen) atoms. The summed E-state index contributed by atoms with van der Waals surface area (Å²) >= 11 is 0. The van der Waals surface area contributed by atoms with Crippen LogP contribution in [0.4, 0.5) is 4.79 Å². The van der Waals surface area contributed by atoms with Gasteiger partial charge >= 0.3 is 6.03 Å². The Hall–Kier alpha value is -1.55. The van der Waals surface area contributed by atoms with E-state index in [-0.39, 0.29) is 12.1 Å². The quantitative estimate of drug-likeness (QED) is 0.840. The molecule has 0 unspecified atom stereocenters. The number of benzene rings is 1. The molecule has 1 aliphatic rings. The van der Waals surface area contributed by atoms with E-state index in [2.05, 4.69) is 30.4 Å². The van der Waals surface area contributed by atoms with Crippen LogP contribution < -0.4 is 5.32 Å². The average Bonchev–Trinajstić information content (AvgIpc) is 2.93. The number of urea groups is 1. The van der Waals surface area contributed by atoms with Gasteiger partial charge in [-0.3, -0.25) is 0 Å². The zero-order valence-electron chi connectivity index (χ0n) is 12.4. The summed E-state index contributed by atoms with van der Waals surface area (Å²) in [6.07, 6.45) is 2.98. The fourth-order valence-electron chi connectivity index (χ4n) is 2.81. The van der Waals surface area contributed by atoms with Crippen molar-refractivity contribution in [2.45, 2.75) is 32.2 Å². The van der Waals surface area contributed by atoms with E-state index in [0.29, 0.717) is 13.2 Å². The summed E-state index contributed by atoms with van der Waals surface area (Å²) in [5, 5.41) is 2.99. The molecule has 4 heteroatoms. The lowest BCUT2D eigenvalue weighted by Crippen LogP contribution is -2.40. The zero-order valence-corrected chi connectivity index (χ0v) is 12.4. The van der Waals surface area contributed by atoms with Crippen molar-refractivity contribution in [3.8, 4) is 0 Å². The molecular weight excluding hydrogens is 252 g/mol. The van der Waals surface area contributed by atoms with Crippen LogP contribution in [0.3, 0.4) is 0 Å². The number of hydrogen-bond acceptors (Lipinski definition) is 2. The monoisotopic (exact) mass is 276 g/mol. The van der Waals surface area contributed by atoms with E-state index in [1.807, 2.05) is 11.0 Å². The third kappa shape index (κ3) is 3.51. The molecule has 1 saturated heterocycles. The van der Waals surface area contributed by atoms with Crippen molar-refractivity contribution >= 4 is 6.03 Å².